The fourth-order valence-corrected chi connectivity index (χ4v) is 5.68. The Labute approximate surface area is 227 Å². The third-order valence-corrected chi connectivity index (χ3v) is 7.79. The SMILES string of the molecule is Clc1ccc(OCc2ccccc2Cl)c(C=Nc2ccc([C@@H]3Nc4ccccc4[C@H]4C=CC[C@@H]43)cc2)c1. The van der Waals surface area contributed by atoms with Crippen molar-refractivity contribution in [1.82, 2.24) is 0 Å². The van der Waals surface area contributed by atoms with Crippen LogP contribution in [0.1, 0.15) is 40.6 Å². The molecule has 2 aliphatic rings. The van der Waals surface area contributed by atoms with Crippen molar-refractivity contribution in [3.63, 3.8) is 0 Å². The molecule has 0 unspecified atom stereocenters. The number of fused-ring (bicyclic) bond motifs is 3. The number of hydrogen-bond acceptors (Lipinski definition) is 3. The van der Waals surface area contributed by atoms with Crippen LogP contribution in [0.2, 0.25) is 10.0 Å². The smallest absolute Gasteiger partial charge is 0.128 e. The number of benzene rings is 4. The van der Waals surface area contributed by atoms with Gasteiger partial charge in [-0.1, -0.05) is 83.9 Å². The molecule has 1 N–H and O–H groups in total. The van der Waals surface area contributed by atoms with Crippen LogP contribution in [0.5, 0.6) is 5.75 Å². The second-order valence-electron chi connectivity index (χ2n) is 9.47. The molecule has 0 radical (unpaired) electrons. The van der Waals surface area contributed by atoms with Crippen LogP contribution in [0.15, 0.2) is 108 Å². The summed E-state index contributed by atoms with van der Waals surface area (Å²) in [5.74, 6) is 1.69. The third-order valence-electron chi connectivity index (χ3n) is 7.19. The number of anilines is 1. The highest BCUT2D eigenvalue weighted by molar-refractivity contribution is 6.31. The van der Waals surface area contributed by atoms with Crippen molar-refractivity contribution in [3.05, 3.63) is 135 Å². The number of aliphatic imine (C=N–C) groups is 1. The molecule has 37 heavy (non-hydrogen) atoms. The van der Waals surface area contributed by atoms with Gasteiger partial charge < -0.3 is 10.1 Å². The molecule has 0 fully saturated rings. The molecule has 0 aromatic heterocycles. The van der Waals surface area contributed by atoms with E-state index < -0.39 is 0 Å². The predicted octanol–water partition coefficient (Wildman–Crippen LogP) is 9.15. The number of allylic oxidation sites excluding steroid dienone is 2. The number of hydrogen-bond donors (Lipinski definition) is 1. The molecule has 0 saturated carbocycles. The van der Waals surface area contributed by atoms with Crippen molar-refractivity contribution in [2.45, 2.75) is 25.0 Å². The van der Waals surface area contributed by atoms with Crippen LogP contribution in [-0.2, 0) is 6.61 Å². The summed E-state index contributed by atoms with van der Waals surface area (Å²) in [5, 5.41) is 5.10. The second kappa shape index (κ2) is 10.5. The molecule has 0 bridgehead atoms. The van der Waals surface area contributed by atoms with Gasteiger partial charge in [-0.25, -0.2) is 0 Å². The zero-order valence-corrected chi connectivity index (χ0v) is 21.7. The van der Waals surface area contributed by atoms with Crippen LogP contribution in [0, 0.1) is 5.92 Å². The minimum absolute atomic E-state index is 0.269. The summed E-state index contributed by atoms with van der Waals surface area (Å²) in [5.41, 5.74) is 6.52. The first-order valence-electron chi connectivity index (χ1n) is 12.5. The average molecular weight is 525 g/mol. The van der Waals surface area contributed by atoms with E-state index in [0.29, 0.717) is 34.2 Å². The van der Waals surface area contributed by atoms with E-state index >= 15 is 0 Å². The Bertz CT molecular complexity index is 1480. The first kappa shape index (κ1) is 23.8. The van der Waals surface area contributed by atoms with Crippen LogP contribution in [-0.4, -0.2) is 6.21 Å². The average Bonchev–Trinajstić information content (AvgIpc) is 3.43. The van der Waals surface area contributed by atoms with E-state index in [1.807, 2.05) is 42.5 Å². The molecule has 0 spiro atoms. The molecule has 1 heterocycles. The Hall–Kier alpha value is -3.53. The molecule has 5 heteroatoms. The van der Waals surface area contributed by atoms with Crippen molar-refractivity contribution in [2.24, 2.45) is 10.9 Å². The lowest BCUT2D eigenvalue weighted by atomic mass is 9.77. The Morgan fingerprint density at radius 3 is 2.59 bits per heavy atom. The fraction of sp³-hybridized carbons (Fsp3) is 0.156. The maximum Gasteiger partial charge on any atom is 0.128 e. The van der Waals surface area contributed by atoms with Crippen molar-refractivity contribution in [1.29, 1.82) is 0 Å². The van der Waals surface area contributed by atoms with Crippen molar-refractivity contribution >= 4 is 40.8 Å². The molecule has 0 amide bonds. The van der Waals surface area contributed by atoms with Gasteiger partial charge in [0.1, 0.15) is 12.4 Å². The molecule has 1 aliphatic carbocycles. The third kappa shape index (κ3) is 5.02. The van der Waals surface area contributed by atoms with Crippen LogP contribution < -0.4 is 10.1 Å². The quantitative estimate of drug-likeness (QED) is 0.201. The van der Waals surface area contributed by atoms with Gasteiger partial charge in [0.25, 0.3) is 0 Å². The maximum atomic E-state index is 6.28. The summed E-state index contributed by atoms with van der Waals surface area (Å²) in [7, 11) is 0. The standard InChI is InChI=1S/C32H26Cl2N2O/c33-24-14-17-31(37-20-22-6-1-3-10-29(22)34)23(18-24)19-35-25-15-12-21(13-16-25)32-28-9-5-8-26(28)27-7-2-4-11-30(27)36-32/h1-8,10-19,26,28,32,36H,9,20H2/t26-,28+,32+/m1/s1. The van der Waals surface area contributed by atoms with Crippen molar-refractivity contribution < 1.29 is 4.74 Å². The first-order chi connectivity index (χ1) is 18.2. The number of rotatable bonds is 6. The summed E-state index contributed by atoms with van der Waals surface area (Å²) < 4.78 is 6.07. The predicted molar refractivity (Wildman–Crippen MR) is 154 cm³/mol. The summed E-state index contributed by atoms with van der Waals surface area (Å²) >= 11 is 12.6. The highest BCUT2D eigenvalue weighted by Crippen LogP contribution is 2.49. The van der Waals surface area contributed by atoms with E-state index in [1.54, 1.807) is 6.21 Å². The van der Waals surface area contributed by atoms with Crippen LogP contribution in [0.25, 0.3) is 0 Å². The Kier molecular flexibility index (Phi) is 6.73. The highest BCUT2D eigenvalue weighted by Gasteiger charge is 2.37. The molecule has 4 aromatic rings. The minimum Gasteiger partial charge on any atom is -0.488 e. The van der Waals surface area contributed by atoms with Gasteiger partial charge >= 0.3 is 0 Å². The van der Waals surface area contributed by atoms with E-state index in [0.717, 1.165) is 23.2 Å². The number of para-hydroxylation sites is 1. The Balaban J connectivity index is 1.19. The zero-order valence-electron chi connectivity index (χ0n) is 20.1. The van der Waals surface area contributed by atoms with E-state index in [1.165, 1.54) is 16.8 Å². The summed E-state index contributed by atoms with van der Waals surface area (Å²) in [6.07, 6.45) is 7.57. The van der Waals surface area contributed by atoms with E-state index in [2.05, 4.69) is 66.0 Å². The van der Waals surface area contributed by atoms with Crippen LogP contribution in [0.3, 0.4) is 0 Å². The van der Waals surface area contributed by atoms with Gasteiger partial charge in [-0.15, -0.1) is 0 Å². The highest BCUT2D eigenvalue weighted by atomic mass is 35.5. The largest absolute Gasteiger partial charge is 0.488 e. The van der Waals surface area contributed by atoms with Crippen LogP contribution in [0.4, 0.5) is 11.4 Å². The molecular formula is C32H26Cl2N2O. The Morgan fingerprint density at radius 1 is 0.919 bits per heavy atom. The lowest BCUT2D eigenvalue weighted by Crippen LogP contribution is -2.28. The lowest BCUT2D eigenvalue weighted by Gasteiger charge is -2.37. The van der Waals surface area contributed by atoms with E-state index in [-0.39, 0.29) is 6.04 Å². The maximum absolute atomic E-state index is 6.28. The van der Waals surface area contributed by atoms with Gasteiger partial charge in [0.15, 0.2) is 0 Å². The minimum atomic E-state index is 0.269. The number of nitrogens with one attached hydrogen (secondary N) is 1. The lowest BCUT2D eigenvalue weighted by molar-refractivity contribution is 0.306. The van der Waals surface area contributed by atoms with Gasteiger partial charge in [-0.05, 0) is 65.9 Å². The normalized spacial score (nSPS) is 19.9. The Morgan fingerprint density at radius 2 is 1.73 bits per heavy atom. The van der Waals surface area contributed by atoms with Crippen molar-refractivity contribution in [3.8, 4) is 5.75 Å². The van der Waals surface area contributed by atoms with E-state index in [9.17, 15) is 0 Å². The zero-order chi connectivity index (χ0) is 25.2. The molecule has 4 aromatic carbocycles. The van der Waals surface area contributed by atoms with Gasteiger partial charge in [-0.2, -0.15) is 0 Å². The summed E-state index contributed by atoms with van der Waals surface area (Å²) in [6.45, 7) is 0.366. The molecule has 3 nitrogen and oxygen atoms in total. The molecule has 0 saturated heterocycles. The summed E-state index contributed by atoms with van der Waals surface area (Å²) in [4.78, 5) is 4.72. The molecular weight excluding hydrogens is 499 g/mol. The van der Waals surface area contributed by atoms with Gasteiger partial charge in [0.05, 0.1) is 11.7 Å². The second-order valence-corrected chi connectivity index (χ2v) is 10.3. The number of nitrogens with zero attached hydrogens (tertiary/aromatic N) is 1. The van der Waals surface area contributed by atoms with Gasteiger partial charge in [0.2, 0.25) is 0 Å². The monoisotopic (exact) mass is 524 g/mol. The molecule has 6 rings (SSSR count). The molecule has 184 valence electrons. The van der Waals surface area contributed by atoms with Crippen molar-refractivity contribution in [2.75, 3.05) is 5.32 Å². The number of halogens is 2. The molecule has 1 aliphatic heterocycles. The van der Waals surface area contributed by atoms with Crippen LogP contribution >= 0.6 is 23.2 Å². The molecule has 3 atom stereocenters. The van der Waals surface area contributed by atoms with Gasteiger partial charge in [-0.3, -0.25) is 4.99 Å². The summed E-state index contributed by atoms with van der Waals surface area (Å²) in [6, 6.07) is 30.6. The van der Waals surface area contributed by atoms with Gasteiger partial charge in [0, 0.05) is 39.0 Å². The topological polar surface area (TPSA) is 33.6 Å². The first-order valence-corrected chi connectivity index (χ1v) is 13.2. The fourth-order valence-electron chi connectivity index (χ4n) is 5.31. The van der Waals surface area contributed by atoms with E-state index in [4.69, 9.17) is 32.9 Å². The number of ether oxygens (including phenoxy) is 1.